The standard InChI is InChI=1S/C14H19BN2O3/c1-13(2)14(3,4)20-15(19-13)10-8-17(5)12(18)11-9(10)6-7-16-11/h6-8,16H,1-5H3. The van der Waals surface area contributed by atoms with E-state index in [0.29, 0.717) is 5.52 Å². The SMILES string of the molecule is Cn1cc(B2OC(C)(C)C(C)(C)O2)c2cc[nH]c2c1=O. The van der Waals surface area contributed by atoms with Crippen molar-refractivity contribution in [2.24, 2.45) is 7.05 Å². The summed E-state index contributed by atoms with van der Waals surface area (Å²) in [6, 6.07) is 1.89. The summed E-state index contributed by atoms with van der Waals surface area (Å²) in [5.74, 6) is 0. The Labute approximate surface area is 118 Å². The Morgan fingerprint density at radius 1 is 1.20 bits per heavy atom. The lowest BCUT2D eigenvalue weighted by Crippen LogP contribution is -2.41. The summed E-state index contributed by atoms with van der Waals surface area (Å²) in [5.41, 5.74) is 0.622. The number of aromatic amines is 1. The maximum absolute atomic E-state index is 12.1. The molecule has 0 atom stereocenters. The normalized spacial score (nSPS) is 20.8. The zero-order valence-corrected chi connectivity index (χ0v) is 12.5. The average molecular weight is 274 g/mol. The van der Waals surface area contributed by atoms with Gasteiger partial charge in [-0.25, -0.2) is 0 Å². The second-order valence-corrected chi connectivity index (χ2v) is 6.36. The third-order valence-electron chi connectivity index (χ3n) is 4.43. The van der Waals surface area contributed by atoms with E-state index in [0.717, 1.165) is 10.8 Å². The Morgan fingerprint density at radius 3 is 2.40 bits per heavy atom. The fraction of sp³-hybridized carbons (Fsp3) is 0.500. The molecule has 6 heteroatoms. The maximum Gasteiger partial charge on any atom is 0.497 e. The number of aryl methyl sites for hydroxylation is 1. The van der Waals surface area contributed by atoms with Crippen LogP contribution in [0.5, 0.6) is 0 Å². The van der Waals surface area contributed by atoms with Crippen molar-refractivity contribution >= 4 is 23.5 Å². The average Bonchev–Trinajstić information content (AvgIpc) is 2.88. The van der Waals surface area contributed by atoms with Gasteiger partial charge < -0.3 is 18.9 Å². The van der Waals surface area contributed by atoms with Crippen molar-refractivity contribution in [3.63, 3.8) is 0 Å². The molecule has 0 saturated carbocycles. The highest BCUT2D eigenvalue weighted by atomic mass is 16.7. The molecular formula is C14H19BN2O3. The lowest BCUT2D eigenvalue weighted by atomic mass is 9.78. The lowest BCUT2D eigenvalue weighted by molar-refractivity contribution is 0.00578. The number of pyridine rings is 1. The highest BCUT2D eigenvalue weighted by Crippen LogP contribution is 2.36. The van der Waals surface area contributed by atoms with E-state index in [1.807, 2.05) is 33.8 Å². The van der Waals surface area contributed by atoms with Crippen LogP contribution in [0.3, 0.4) is 0 Å². The van der Waals surface area contributed by atoms with Crippen LogP contribution >= 0.6 is 0 Å². The fourth-order valence-corrected chi connectivity index (χ4v) is 2.46. The molecule has 1 N–H and O–H groups in total. The van der Waals surface area contributed by atoms with Gasteiger partial charge in [0.25, 0.3) is 5.56 Å². The predicted octanol–water partition coefficient (Wildman–Crippen LogP) is 1.17. The third kappa shape index (κ3) is 1.75. The fourth-order valence-electron chi connectivity index (χ4n) is 2.46. The van der Waals surface area contributed by atoms with E-state index in [1.54, 1.807) is 24.0 Å². The number of nitrogens with one attached hydrogen (secondary N) is 1. The smallest absolute Gasteiger partial charge is 0.399 e. The number of nitrogens with zero attached hydrogens (tertiary/aromatic N) is 1. The zero-order valence-electron chi connectivity index (χ0n) is 12.5. The van der Waals surface area contributed by atoms with Gasteiger partial charge in [0.05, 0.1) is 11.2 Å². The van der Waals surface area contributed by atoms with Crippen LogP contribution in [-0.2, 0) is 16.4 Å². The van der Waals surface area contributed by atoms with Crippen molar-refractivity contribution in [3.8, 4) is 0 Å². The molecule has 0 spiro atoms. The van der Waals surface area contributed by atoms with Crippen molar-refractivity contribution in [1.82, 2.24) is 9.55 Å². The van der Waals surface area contributed by atoms with Gasteiger partial charge in [-0.15, -0.1) is 0 Å². The molecule has 2 aromatic rings. The lowest BCUT2D eigenvalue weighted by Gasteiger charge is -2.32. The van der Waals surface area contributed by atoms with E-state index in [9.17, 15) is 4.79 Å². The number of H-pyrrole nitrogens is 1. The molecule has 3 rings (SSSR count). The first kappa shape index (κ1) is 13.5. The summed E-state index contributed by atoms with van der Waals surface area (Å²) in [6.07, 6.45) is 3.56. The van der Waals surface area contributed by atoms with Crippen LogP contribution in [0.25, 0.3) is 10.9 Å². The van der Waals surface area contributed by atoms with Crippen molar-refractivity contribution in [2.75, 3.05) is 0 Å². The predicted molar refractivity (Wildman–Crippen MR) is 79.3 cm³/mol. The Bertz CT molecular complexity index is 714. The number of fused-ring (bicyclic) bond motifs is 1. The molecule has 0 amide bonds. The number of aromatic nitrogens is 2. The van der Waals surface area contributed by atoms with Crippen LogP contribution < -0.4 is 11.0 Å². The summed E-state index contributed by atoms with van der Waals surface area (Å²) in [6.45, 7) is 8.07. The molecule has 1 aliphatic heterocycles. The second-order valence-electron chi connectivity index (χ2n) is 6.36. The summed E-state index contributed by atoms with van der Waals surface area (Å²) in [7, 11) is 1.27. The van der Waals surface area contributed by atoms with Crippen molar-refractivity contribution in [2.45, 2.75) is 38.9 Å². The first-order valence-electron chi connectivity index (χ1n) is 6.75. The van der Waals surface area contributed by atoms with E-state index in [-0.39, 0.29) is 5.56 Å². The van der Waals surface area contributed by atoms with E-state index in [2.05, 4.69) is 4.98 Å². The first-order chi connectivity index (χ1) is 9.23. The van der Waals surface area contributed by atoms with Crippen LogP contribution in [0.4, 0.5) is 0 Å². The molecule has 0 aliphatic carbocycles. The zero-order chi connectivity index (χ0) is 14.7. The Balaban J connectivity index is 2.15. The summed E-state index contributed by atoms with van der Waals surface area (Å²) >= 11 is 0. The molecule has 0 aromatic carbocycles. The third-order valence-corrected chi connectivity index (χ3v) is 4.43. The molecule has 1 fully saturated rings. The molecule has 0 unspecified atom stereocenters. The minimum absolute atomic E-state index is 0.0507. The second kappa shape index (κ2) is 3.99. The van der Waals surface area contributed by atoms with Crippen LogP contribution in [0.15, 0.2) is 23.3 Å². The van der Waals surface area contributed by atoms with Crippen LogP contribution in [0, 0.1) is 0 Å². The summed E-state index contributed by atoms with van der Waals surface area (Å²) in [5, 5.41) is 0.853. The van der Waals surface area contributed by atoms with Crippen molar-refractivity contribution in [1.29, 1.82) is 0 Å². The quantitative estimate of drug-likeness (QED) is 0.794. The van der Waals surface area contributed by atoms with Gasteiger partial charge in [0, 0.05) is 30.3 Å². The van der Waals surface area contributed by atoms with Gasteiger partial charge in [-0.3, -0.25) is 4.79 Å². The molecule has 106 valence electrons. The largest absolute Gasteiger partial charge is 0.497 e. The molecule has 3 heterocycles. The number of hydrogen-bond donors (Lipinski definition) is 1. The number of rotatable bonds is 1. The molecule has 0 radical (unpaired) electrons. The highest BCUT2D eigenvalue weighted by molar-refractivity contribution is 6.65. The van der Waals surface area contributed by atoms with Crippen molar-refractivity contribution < 1.29 is 9.31 Å². The van der Waals surface area contributed by atoms with Crippen LogP contribution in [-0.4, -0.2) is 27.9 Å². The minimum Gasteiger partial charge on any atom is -0.399 e. The van der Waals surface area contributed by atoms with Crippen LogP contribution in [0.1, 0.15) is 27.7 Å². The Kier molecular flexibility index (Phi) is 2.69. The van der Waals surface area contributed by atoms with E-state index in [4.69, 9.17) is 9.31 Å². The molecule has 2 aromatic heterocycles. The molecule has 1 aliphatic rings. The highest BCUT2D eigenvalue weighted by Gasteiger charge is 2.52. The monoisotopic (exact) mass is 274 g/mol. The maximum atomic E-state index is 12.1. The topological polar surface area (TPSA) is 56.2 Å². The van der Waals surface area contributed by atoms with Gasteiger partial charge in [-0.2, -0.15) is 0 Å². The van der Waals surface area contributed by atoms with Gasteiger partial charge >= 0.3 is 7.12 Å². The van der Waals surface area contributed by atoms with E-state index in [1.165, 1.54) is 0 Å². The van der Waals surface area contributed by atoms with Gasteiger partial charge in [-0.1, -0.05) is 0 Å². The Hall–Kier alpha value is -1.53. The summed E-state index contributed by atoms with van der Waals surface area (Å²) < 4.78 is 13.7. The van der Waals surface area contributed by atoms with Gasteiger partial charge in [0.15, 0.2) is 0 Å². The molecule has 0 bridgehead atoms. The molecular weight excluding hydrogens is 255 g/mol. The van der Waals surface area contributed by atoms with E-state index < -0.39 is 18.3 Å². The molecule has 1 saturated heterocycles. The van der Waals surface area contributed by atoms with Crippen molar-refractivity contribution in [3.05, 3.63) is 28.8 Å². The molecule has 5 nitrogen and oxygen atoms in total. The van der Waals surface area contributed by atoms with Gasteiger partial charge in [0.2, 0.25) is 0 Å². The Morgan fingerprint density at radius 2 is 1.80 bits per heavy atom. The van der Waals surface area contributed by atoms with Gasteiger partial charge in [-0.05, 0) is 33.8 Å². The molecule has 20 heavy (non-hydrogen) atoms. The van der Waals surface area contributed by atoms with E-state index >= 15 is 0 Å². The number of hydrogen-bond acceptors (Lipinski definition) is 3. The van der Waals surface area contributed by atoms with Crippen LogP contribution in [0.2, 0.25) is 0 Å². The van der Waals surface area contributed by atoms with Gasteiger partial charge in [0.1, 0.15) is 5.52 Å². The first-order valence-corrected chi connectivity index (χ1v) is 6.75. The summed E-state index contributed by atoms with van der Waals surface area (Å²) in [4.78, 5) is 15.1. The minimum atomic E-state index is -0.468.